The summed E-state index contributed by atoms with van der Waals surface area (Å²) in [6, 6.07) is 2.01. The summed E-state index contributed by atoms with van der Waals surface area (Å²) in [7, 11) is 0. The van der Waals surface area contributed by atoms with Crippen molar-refractivity contribution < 1.29 is 0 Å². The second-order valence-electron chi connectivity index (χ2n) is 4.50. The van der Waals surface area contributed by atoms with Crippen molar-refractivity contribution in [2.24, 2.45) is 5.41 Å². The molecule has 1 rings (SSSR count). The molecule has 0 N–H and O–H groups in total. The van der Waals surface area contributed by atoms with E-state index in [0.717, 1.165) is 20.1 Å². The van der Waals surface area contributed by atoms with Crippen LogP contribution in [0.4, 0.5) is 0 Å². The molecule has 1 aromatic heterocycles. The second-order valence-corrected chi connectivity index (χ2v) is 7.57. The first-order valence-electron chi connectivity index (χ1n) is 4.38. The van der Waals surface area contributed by atoms with Gasteiger partial charge in [-0.05, 0) is 33.8 Å². The molecule has 1 heterocycles. The maximum Gasteiger partial charge on any atom is 0.107 e. The molecule has 0 radical (unpaired) electrons. The lowest BCUT2D eigenvalue weighted by molar-refractivity contribution is 0.374. The first-order chi connectivity index (χ1) is 6.29. The number of thiophene rings is 1. The second kappa shape index (κ2) is 4.73. The van der Waals surface area contributed by atoms with Gasteiger partial charge in [0.2, 0.25) is 0 Å². The zero-order valence-corrected chi connectivity index (χ0v) is 12.3. The van der Waals surface area contributed by atoms with Crippen LogP contribution in [0, 0.1) is 5.41 Å². The molecule has 0 aromatic carbocycles. The summed E-state index contributed by atoms with van der Waals surface area (Å²) in [5.41, 5.74) is 0.245. The summed E-state index contributed by atoms with van der Waals surface area (Å²) >= 11 is 17.2. The fourth-order valence-electron chi connectivity index (χ4n) is 1.16. The van der Waals surface area contributed by atoms with Crippen molar-refractivity contribution in [1.82, 2.24) is 0 Å². The van der Waals surface area contributed by atoms with Crippen LogP contribution in [0.5, 0.6) is 0 Å². The Labute approximate surface area is 108 Å². The largest absolute Gasteiger partial charge is 0.126 e. The van der Waals surface area contributed by atoms with Crippen molar-refractivity contribution in [3.05, 3.63) is 19.8 Å². The molecule has 0 aliphatic carbocycles. The number of alkyl halides is 1. The molecule has 0 saturated heterocycles. The highest BCUT2D eigenvalue weighted by Gasteiger charge is 2.20. The van der Waals surface area contributed by atoms with Gasteiger partial charge in [0.25, 0.3) is 0 Å². The van der Waals surface area contributed by atoms with Crippen LogP contribution < -0.4 is 0 Å². The summed E-state index contributed by atoms with van der Waals surface area (Å²) in [5, 5.41) is 0.0591. The average Bonchev–Trinajstić information content (AvgIpc) is 2.28. The molecule has 0 bridgehead atoms. The van der Waals surface area contributed by atoms with Crippen LogP contribution in [0.2, 0.25) is 4.34 Å². The van der Waals surface area contributed by atoms with Crippen LogP contribution in [0.15, 0.2) is 10.5 Å². The molecule has 0 saturated carbocycles. The minimum atomic E-state index is 0.0591. The molecule has 1 aromatic rings. The van der Waals surface area contributed by atoms with Gasteiger partial charge in [-0.3, -0.25) is 0 Å². The van der Waals surface area contributed by atoms with Crippen LogP contribution in [0.1, 0.15) is 37.4 Å². The van der Waals surface area contributed by atoms with E-state index in [9.17, 15) is 0 Å². The normalized spacial score (nSPS) is 14.4. The van der Waals surface area contributed by atoms with Crippen LogP contribution in [-0.4, -0.2) is 0 Å². The van der Waals surface area contributed by atoms with E-state index in [1.807, 2.05) is 6.07 Å². The van der Waals surface area contributed by atoms with Crippen molar-refractivity contribution in [2.45, 2.75) is 32.6 Å². The van der Waals surface area contributed by atoms with Crippen LogP contribution in [0.25, 0.3) is 0 Å². The first-order valence-corrected chi connectivity index (χ1v) is 6.81. The Kier molecular flexibility index (Phi) is 4.34. The Morgan fingerprint density at radius 2 is 2.07 bits per heavy atom. The van der Waals surface area contributed by atoms with E-state index in [0.29, 0.717) is 0 Å². The molecule has 0 spiro atoms. The molecule has 1 unspecified atom stereocenters. The predicted octanol–water partition coefficient (Wildman–Crippen LogP) is 5.88. The minimum Gasteiger partial charge on any atom is -0.126 e. The molecule has 0 nitrogen and oxygen atoms in total. The fourth-order valence-corrected chi connectivity index (χ4v) is 3.53. The van der Waals surface area contributed by atoms with E-state index in [2.05, 4.69) is 36.7 Å². The molecule has 80 valence electrons. The molecule has 0 fully saturated rings. The van der Waals surface area contributed by atoms with Gasteiger partial charge in [0.1, 0.15) is 4.34 Å². The third-order valence-corrected chi connectivity index (χ3v) is 4.87. The molecule has 0 aliphatic heterocycles. The van der Waals surface area contributed by atoms with Crippen molar-refractivity contribution in [3.63, 3.8) is 0 Å². The highest BCUT2D eigenvalue weighted by atomic mass is 79.9. The van der Waals surface area contributed by atoms with Gasteiger partial charge in [-0.15, -0.1) is 22.9 Å². The van der Waals surface area contributed by atoms with Crippen molar-refractivity contribution >= 4 is 50.5 Å². The lowest BCUT2D eigenvalue weighted by Gasteiger charge is -2.20. The highest BCUT2D eigenvalue weighted by Crippen LogP contribution is 2.41. The molecule has 14 heavy (non-hydrogen) atoms. The lowest BCUT2D eigenvalue weighted by atomic mass is 9.90. The van der Waals surface area contributed by atoms with E-state index < -0.39 is 0 Å². The topological polar surface area (TPSA) is 0 Å². The zero-order chi connectivity index (χ0) is 10.9. The minimum absolute atomic E-state index is 0.0591. The van der Waals surface area contributed by atoms with Gasteiger partial charge in [-0.1, -0.05) is 32.4 Å². The van der Waals surface area contributed by atoms with Crippen molar-refractivity contribution in [3.8, 4) is 0 Å². The van der Waals surface area contributed by atoms with Crippen LogP contribution >= 0.6 is 50.5 Å². The number of rotatable bonds is 2. The molecule has 0 amide bonds. The lowest BCUT2D eigenvalue weighted by Crippen LogP contribution is -2.07. The monoisotopic (exact) mass is 314 g/mol. The van der Waals surface area contributed by atoms with Gasteiger partial charge in [0, 0.05) is 9.35 Å². The predicted molar refractivity (Wildman–Crippen MR) is 69.7 cm³/mol. The van der Waals surface area contributed by atoms with Crippen molar-refractivity contribution in [1.29, 1.82) is 0 Å². The molecular weight excluding hydrogens is 303 g/mol. The Balaban J connectivity index is 2.75. The summed E-state index contributed by atoms with van der Waals surface area (Å²) in [6.45, 7) is 6.56. The number of hydrogen-bond acceptors (Lipinski definition) is 1. The van der Waals surface area contributed by atoms with E-state index in [1.54, 1.807) is 11.3 Å². The standard InChI is InChI=1S/C10H13BrCl2S/c1-10(2,3)5-7(12)8-4-6(11)9(13)14-8/h4,7H,5H2,1-3H3. The van der Waals surface area contributed by atoms with Crippen molar-refractivity contribution in [2.75, 3.05) is 0 Å². The van der Waals surface area contributed by atoms with Gasteiger partial charge in [0.15, 0.2) is 0 Å². The quantitative estimate of drug-likeness (QED) is 0.598. The molecule has 0 aliphatic rings. The Bertz CT molecular complexity index is 295. The van der Waals surface area contributed by atoms with E-state index in [4.69, 9.17) is 23.2 Å². The van der Waals surface area contributed by atoms with Crippen LogP contribution in [0.3, 0.4) is 0 Å². The smallest absolute Gasteiger partial charge is 0.107 e. The number of halogens is 3. The Hall–Kier alpha value is 0.760. The van der Waals surface area contributed by atoms with Gasteiger partial charge in [-0.25, -0.2) is 0 Å². The summed E-state index contributed by atoms with van der Waals surface area (Å²) in [6.07, 6.45) is 0.956. The number of hydrogen-bond donors (Lipinski definition) is 0. The summed E-state index contributed by atoms with van der Waals surface area (Å²) in [5.74, 6) is 0. The third-order valence-electron chi connectivity index (χ3n) is 1.76. The summed E-state index contributed by atoms with van der Waals surface area (Å²) < 4.78 is 1.72. The van der Waals surface area contributed by atoms with E-state index in [1.165, 1.54) is 0 Å². The van der Waals surface area contributed by atoms with Gasteiger partial charge in [0.05, 0.1) is 5.38 Å². The summed E-state index contributed by atoms with van der Waals surface area (Å²) in [4.78, 5) is 1.14. The molecular formula is C10H13BrCl2S. The van der Waals surface area contributed by atoms with Gasteiger partial charge < -0.3 is 0 Å². The van der Waals surface area contributed by atoms with E-state index >= 15 is 0 Å². The SMILES string of the molecule is CC(C)(C)CC(Cl)c1cc(Br)c(Cl)s1. The van der Waals surface area contributed by atoms with Gasteiger partial charge in [-0.2, -0.15) is 0 Å². The maximum absolute atomic E-state index is 6.31. The Morgan fingerprint density at radius 1 is 1.50 bits per heavy atom. The highest BCUT2D eigenvalue weighted by molar-refractivity contribution is 9.10. The molecule has 1 atom stereocenters. The fraction of sp³-hybridized carbons (Fsp3) is 0.600. The average molecular weight is 316 g/mol. The Morgan fingerprint density at radius 3 is 2.43 bits per heavy atom. The molecule has 4 heteroatoms. The van der Waals surface area contributed by atoms with Gasteiger partial charge >= 0.3 is 0 Å². The zero-order valence-electron chi connectivity index (χ0n) is 8.40. The maximum atomic E-state index is 6.31. The van der Waals surface area contributed by atoms with E-state index in [-0.39, 0.29) is 10.8 Å². The third kappa shape index (κ3) is 3.73. The van der Waals surface area contributed by atoms with Crippen LogP contribution in [-0.2, 0) is 0 Å². The first kappa shape index (κ1) is 12.8.